The Bertz CT molecular complexity index is 441. The third-order valence-electron chi connectivity index (χ3n) is 4.76. The highest BCUT2D eigenvalue weighted by Crippen LogP contribution is 2.51. The summed E-state index contributed by atoms with van der Waals surface area (Å²) in [5.41, 5.74) is 5.78. The number of fused-ring (bicyclic) bond motifs is 2. The van der Waals surface area contributed by atoms with Crippen molar-refractivity contribution in [2.24, 2.45) is 17.6 Å². The van der Waals surface area contributed by atoms with Crippen molar-refractivity contribution in [2.75, 3.05) is 7.11 Å². The summed E-state index contributed by atoms with van der Waals surface area (Å²) in [6.45, 7) is 3.87. The average molecular weight is 251 g/mol. The third-order valence-corrected chi connectivity index (χ3v) is 4.76. The van der Waals surface area contributed by atoms with Gasteiger partial charge in [-0.05, 0) is 44.9 Å². The van der Waals surface area contributed by atoms with Crippen molar-refractivity contribution in [2.45, 2.75) is 50.7 Å². The quantitative estimate of drug-likeness (QED) is 0.886. The molecule has 2 bridgehead atoms. The molecule has 18 heavy (non-hydrogen) atoms. The maximum Gasteiger partial charge on any atom is 0.231 e. The molecule has 5 nitrogen and oxygen atoms in total. The molecule has 2 aliphatic rings. The van der Waals surface area contributed by atoms with E-state index in [0.717, 1.165) is 0 Å². The lowest BCUT2D eigenvalue weighted by molar-refractivity contribution is 0.00973. The van der Waals surface area contributed by atoms with Crippen LogP contribution in [-0.2, 0) is 10.3 Å². The molecular formula is C13H21N3O2. The second kappa shape index (κ2) is 4.03. The predicted octanol–water partition coefficient (Wildman–Crippen LogP) is 1.79. The van der Waals surface area contributed by atoms with Crippen LogP contribution in [0.5, 0.6) is 0 Å². The van der Waals surface area contributed by atoms with Gasteiger partial charge in [-0.2, -0.15) is 4.98 Å². The minimum absolute atomic E-state index is 0.183. The SMILES string of the molecule is COC(C)(C)c1noc(C2C3CCC(C3)C2N)n1. The van der Waals surface area contributed by atoms with Gasteiger partial charge < -0.3 is 15.0 Å². The monoisotopic (exact) mass is 251 g/mol. The topological polar surface area (TPSA) is 74.2 Å². The van der Waals surface area contributed by atoms with Gasteiger partial charge in [0.2, 0.25) is 11.7 Å². The second-order valence-corrected chi connectivity index (χ2v) is 6.11. The van der Waals surface area contributed by atoms with E-state index in [2.05, 4.69) is 10.1 Å². The molecule has 100 valence electrons. The summed E-state index contributed by atoms with van der Waals surface area (Å²) in [5, 5.41) is 4.05. The van der Waals surface area contributed by atoms with Crippen molar-refractivity contribution in [3.63, 3.8) is 0 Å². The minimum atomic E-state index is -0.510. The van der Waals surface area contributed by atoms with E-state index < -0.39 is 5.60 Å². The number of ether oxygens (including phenoxy) is 1. The van der Waals surface area contributed by atoms with Gasteiger partial charge in [0.15, 0.2) is 0 Å². The van der Waals surface area contributed by atoms with Crippen LogP contribution in [0.4, 0.5) is 0 Å². The summed E-state index contributed by atoms with van der Waals surface area (Å²) in [5.74, 6) is 2.83. The first kappa shape index (κ1) is 12.1. The maximum absolute atomic E-state index is 6.29. The van der Waals surface area contributed by atoms with E-state index in [0.29, 0.717) is 23.6 Å². The fourth-order valence-corrected chi connectivity index (χ4v) is 3.41. The van der Waals surface area contributed by atoms with Crippen molar-refractivity contribution in [3.8, 4) is 0 Å². The lowest BCUT2D eigenvalue weighted by atomic mass is 9.85. The molecular weight excluding hydrogens is 230 g/mol. The van der Waals surface area contributed by atoms with Gasteiger partial charge in [-0.1, -0.05) is 5.16 Å². The molecule has 4 unspecified atom stereocenters. The Morgan fingerprint density at radius 3 is 2.67 bits per heavy atom. The summed E-state index contributed by atoms with van der Waals surface area (Å²) in [6, 6.07) is 0.183. The molecule has 0 aromatic carbocycles. The van der Waals surface area contributed by atoms with Crippen LogP contribution >= 0.6 is 0 Å². The van der Waals surface area contributed by atoms with Gasteiger partial charge in [-0.25, -0.2) is 0 Å². The van der Waals surface area contributed by atoms with Crippen LogP contribution in [0, 0.1) is 11.8 Å². The van der Waals surface area contributed by atoms with E-state index in [1.165, 1.54) is 19.3 Å². The lowest BCUT2D eigenvalue weighted by Gasteiger charge is -2.24. The van der Waals surface area contributed by atoms with Crippen LogP contribution in [0.3, 0.4) is 0 Å². The molecule has 2 saturated carbocycles. The zero-order valence-corrected chi connectivity index (χ0v) is 11.2. The van der Waals surface area contributed by atoms with Crippen molar-refractivity contribution >= 4 is 0 Å². The van der Waals surface area contributed by atoms with Crippen LogP contribution in [0.15, 0.2) is 4.52 Å². The van der Waals surface area contributed by atoms with Gasteiger partial charge in [0, 0.05) is 13.2 Å². The van der Waals surface area contributed by atoms with Crippen molar-refractivity contribution in [1.29, 1.82) is 0 Å². The number of nitrogens with zero attached hydrogens (tertiary/aromatic N) is 2. The normalized spacial score (nSPS) is 35.3. The molecule has 1 heterocycles. The predicted molar refractivity (Wildman–Crippen MR) is 65.9 cm³/mol. The Balaban J connectivity index is 1.86. The number of aromatic nitrogens is 2. The van der Waals surface area contributed by atoms with Gasteiger partial charge in [0.25, 0.3) is 0 Å². The molecule has 3 rings (SSSR count). The van der Waals surface area contributed by atoms with E-state index in [1.54, 1.807) is 7.11 Å². The Hall–Kier alpha value is -0.940. The Morgan fingerprint density at radius 2 is 2.06 bits per heavy atom. The van der Waals surface area contributed by atoms with Gasteiger partial charge in [-0.15, -0.1) is 0 Å². The molecule has 0 amide bonds. The summed E-state index contributed by atoms with van der Waals surface area (Å²) in [6.07, 6.45) is 3.72. The fourth-order valence-electron chi connectivity index (χ4n) is 3.41. The molecule has 0 saturated heterocycles. The van der Waals surface area contributed by atoms with Crippen LogP contribution in [-0.4, -0.2) is 23.3 Å². The Morgan fingerprint density at radius 1 is 1.33 bits per heavy atom. The molecule has 1 aromatic heterocycles. The van der Waals surface area contributed by atoms with Gasteiger partial charge in [0.05, 0.1) is 5.92 Å². The zero-order chi connectivity index (χ0) is 12.9. The first-order chi connectivity index (χ1) is 8.53. The average Bonchev–Trinajstić information content (AvgIpc) is 3.02. The Labute approximate surface area is 107 Å². The van der Waals surface area contributed by atoms with E-state index in [1.807, 2.05) is 13.8 Å². The molecule has 2 N–H and O–H groups in total. The minimum Gasteiger partial charge on any atom is -0.371 e. The van der Waals surface area contributed by atoms with Crippen LogP contribution < -0.4 is 5.73 Å². The van der Waals surface area contributed by atoms with Gasteiger partial charge >= 0.3 is 0 Å². The van der Waals surface area contributed by atoms with Crippen LogP contribution in [0.25, 0.3) is 0 Å². The molecule has 0 spiro atoms. The molecule has 0 aliphatic heterocycles. The summed E-state index contributed by atoms with van der Waals surface area (Å²) in [7, 11) is 1.65. The summed E-state index contributed by atoms with van der Waals surface area (Å²) in [4.78, 5) is 4.52. The fraction of sp³-hybridized carbons (Fsp3) is 0.846. The van der Waals surface area contributed by atoms with E-state index >= 15 is 0 Å². The van der Waals surface area contributed by atoms with E-state index in [-0.39, 0.29) is 12.0 Å². The van der Waals surface area contributed by atoms with Crippen molar-refractivity contribution in [1.82, 2.24) is 10.1 Å². The molecule has 4 atom stereocenters. The van der Waals surface area contributed by atoms with Crippen LogP contribution in [0.1, 0.15) is 50.7 Å². The van der Waals surface area contributed by atoms with Crippen LogP contribution in [0.2, 0.25) is 0 Å². The van der Waals surface area contributed by atoms with Crippen molar-refractivity contribution in [3.05, 3.63) is 11.7 Å². The summed E-state index contributed by atoms with van der Waals surface area (Å²) < 4.78 is 10.8. The number of methoxy groups -OCH3 is 1. The highest BCUT2D eigenvalue weighted by Gasteiger charge is 2.49. The summed E-state index contributed by atoms with van der Waals surface area (Å²) >= 11 is 0. The van der Waals surface area contributed by atoms with E-state index in [4.69, 9.17) is 15.0 Å². The number of hydrogen-bond acceptors (Lipinski definition) is 5. The number of rotatable bonds is 3. The van der Waals surface area contributed by atoms with E-state index in [9.17, 15) is 0 Å². The molecule has 1 aromatic rings. The van der Waals surface area contributed by atoms with Crippen molar-refractivity contribution < 1.29 is 9.26 Å². The third kappa shape index (κ3) is 1.68. The van der Waals surface area contributed by atoms with Gasteiger partial charge in [0.1, 0.15) is 5.60 Å². The molecule has 2 aliphatic carbocycles. The Kier molecular flexibility index (Phi) is 2.71. The first-order valence-corrected chi connectivity index (χ1v) is 6.67. The number of hydrogen-bond donors (Lipinski definition) is 1. The zero-order valence-electron chi connectivity index (χ0n) is 11.2. The smallest absolute Gasteiger partial charge is 0.231 e. The highest BCUT2D eigenvalue weighted by atomic mass is 16.5. The van der Waals surface area contributed by atoms with Gasteiger partial charge in [-0.3, -0.25) is 0 Å². The molecule has 2 fully saturated rings. The molecule has 0 radical (unpaired) electrons. The highest BCUT2D eigenvalue weighted by molar-refractivity contribution is 5.12. The molecule has 5 heteroatoms. The first-order valence-electron chi connectivity index (χ1n) is 6.67. The lowest BCUT2D eigenvalue weighted by Crippen LogP contribution is -2.34. The largest absolute Gasteiger partial charge is 0.371 e. The second-order valence-electron chi connectivity index (χ2n) is 6.11. The number of nitrogens with two attached hydrogens (primary N) is 1. The standard InChI is InChI=1S/C13H21N3O2/c1-13(2,17-3)12-15-11(18-16-12)9-7-4-5-8(6-7)10(9)14/h7-10H,4-6,14H2,1-3H3. The maximum atomic E-state index is 6.29.